The van der Waals surface area contributed by atoms with Crippen molar-refractivity contribution < 1.29 is 18.8 Å². The molecule has 0 unspecified atom stereocenters. The summed E-state index contributed by atoms with van der Waals surface area (Å²) in [7, 11) is 0. The van der Waals surface area contributed by atoms with Crippen molar-refractivity contribution in [2.75, 3.05) is 13.1 Å². The van der Waals surface area contributed by atoms with E-state index in [-0.39, 0.29) is 52.9 Å². The molecule has 3 N–H and O–H groups in total. The van der Waals surface area contributed by atoms with Crippen molar-refractivity contribution in [3.63, 3.8) is 0 Å². The van der Waals surface area contributed by atoms with Gasteiger partial charge in [0.25, 0.3) is 5.91 Å². The molecule has 0 radical (unpaired) electrons. The van der Waals surface area contributed by atoms with E-state index in [9.17, 15) is 14.4 Å². The van der Waals surface area contributed by atoms with Crippen LogP contribution in [0.2, 0.25) is 0 Å². The van der Waals surface area contributed by atoms with Gasteiger partial charge >= 0.3 is 0 Å². The number of carbonyl (C=O) groups excluding carboxylic acids is 3. The summed E-state index contributed by atoms with van der Waals surface area (Å²) in [5.74, 6) is -1.05. The minimum Gasteiger partial charge on any atom is -0.456 e. The van der Waals surface area contributed by atoms with E-state index in [4.69, 9.17) is 10.2 Å². The topological polar surface area (TPSA) is 102 Å². The van der Waals surface area contributed by atoms with Crippen LogP contribution in [0.4, 0.5) is 0 Å². The summed E-state index contributed by atoms with van der Waals surface area (Å²) >= 11 is 0. The van der Waals surface area contributed by atoms with Crippen molar-refractivity contribution >= 4 is 17.5 Å². The first-order valence-electron chi connectivity index (χ1n) is 6.86. The number of aryl methyl sites for hydroxylation is 1. The SMILES string of the molecule is Cc1oc2c(c1C(=O)NCCN)C(=O)c1ccccc1C2=O. The molecule has 1 aliphatic carbocycles. The smallest absolute Gasteiger partial charge is 0.255 e. The van der Waals surface area contributed by atoms with E-state index in [0.29, 0.717) is 5.56 Å². The quantitative estimate of drug-likeness (QED) is 0.752. The Morgan fingerprint density at radius 3 is 2.45 bits per heavy atom. The van der Waals surface area contributed by atoms with Gasteiger partial charge in [0.05, 0.1) is 11.1 Å². The molecular formula is C16H14N2O4. The van der Waals surface area contributed by atoms with Crippen LogP contribution in [0, 0.1) is 6.92 Å². The Morgan fingerprint density at radius 1 is 1.18 bits per heavy atom. The van der Waals surface area contributed by atoms with Crippen LogP contribution < -0.4 is 11.1 Å². The summed E-state index contributed by atoms with van der Waals surface area (Å²) in [5, 5.41) is 2.60. The highest BCUT2D eigenvalue weighted by atomic mass is 16.4. The van der Waals surface area contributed by atoms with Crippen LogP contribution in [-0.2, 0) is 0 Å². The molecule has 2 aromatic rings. The van der Waals surface area contributed by atoms with Crippen LogP contribution in [0.25, 0.3) is 0 Å². The van der Waals surface area contributed by atoms with Crippen molar-refractivity contribution in [1.29, 1.82) is 0 Å². The molecule has 0 saturated heterocycles. The molecule has 0 atom stereocenters. The first kappa shape index (κ1) is 14.2. The van der Waals surface area contributed by atoms with Crippen LogP contribution in [0.3, 0.4) is 0 Å². The van der Waals surface area contributed by atoms with E-state index >= 15 is 0 Å². The van der Waals surface area contributed by atoms with Gasteiger partial charge in [0, 0.05) is 24.2 Å². The van der Waals surface area contributed by atoms with Crippen molar-refractivity contribution in [2.45, 2.75) is 6.92 Å². The highest BCUT2D eigenvalue weighted by molar-refractivity contribution is 6.30. The van der Waals surface area contributed by atoms with Gasteiger partial charge in [-0.15, -0.1) is 0 Å². The lowest BCUT2D eigenvalue weighted by molar-refractivity contribution is 0.0939. The van der Waals surface area contributed by atoms with Gasteiger partial charge in [-0.3, -0.25) is 14.4 Å². The Kier molecular flexibility index (Phi) is 3.38. The molecule has 6 heteroatoms. The predicted octanol–water partition coefficient (Wildman–Crippen LogP) is 1.05. The number of fused-ring (bicyclic) bond motifs is 2. The number of hydrogen-bond donors (Lipinski definition) is 2. The van der Waals surface area contributed by atoms with Gasteiger partial charge in [-0.1, -0.05) is 24.3 Å². The number of rotatable bonds is 3. The number of ketones is 2. The second-order valence-electron chi connectivity index (χ2n) is 4.99. The summed E-state index contributed by atoms with van der Waals surface area (Å²) in [6, 6.07) is 6.50. The number of benzene rings is 1. The molecule has 0 spiro atoms. The molecule has 1 aromatic carbocycles. The van der Waals surface area contributed by atoms with Crippen molar-refractivity contribution in [2.24, 2.45) is 5.73 Å². The Balaban J connectivity index is 2.16. The van der Waals surface area contributed by atoms with E-state index in [1.165, 1.54) is 0 Å². The first-order valence-corrected chi connectivity index (χ1v) is 6.86. The largest absolute Gasteiger partial charge is 0.456 e. The molecule has 0 bridgehead atoms. The Labute approximate surface area is 126 Å². The second-order valence-corrected chi connectivity index (χ2v) is 4.99. The second kappa shape index (κ2) is 5.23. The van der Waals surface area contributed by atoms with E-state index in [0.717, 1.165) is 0 Å². The molecule has 1 amide bonds. The third kappa shape index (κ3) is 1.96. The molecule has 1 aromatic heterocycles. The molecule has 3 rings (SSSR count). The summed E-state index contributed by atoms with van der Waals surface area (Å²) in [6.45, 7) is 2.11. The third-order valence-corrected chi connectivity index (χ3v) is 3.59. The maximum Gasteiger partial charge on any atom is 0.255 e. The fourth-order valence-corrected chi connectivity index (χ4v) is 2.60. The normalized spacial score (nSPS) is 12.8. The Morgan fingerprint density at radius 2 is 1.82 bits per heavy atom. The Bertz CT molecular complexity index is 804. The Hall–Kier alpha value is -2.73. The monoisotopic (exact) mass is 298 g/mol. The van der Waals surface area contributed by atoms with Gasteiger partial charge in [0.15, 0.2) is 11.5 Å². The standard InChI is InChI=1S/C16H14N2O4/c1-8-11(16(21)18-7-6-17)12-13(19)9-4-2-3-5-10(9)14(20)15(12)22-8/h2-5H,6-7,17H2,1H3,(H,18,21). The van der Waals surface area contributed by atoms with E-state index in [1.54, 1.807) is 31.2 Å². The number of amides is 1. The van der Waals surface area contributed by atoms with Gasteiger partial charge < -0.3 is 15.5 Å². The van der Waals surface area contributed by atoms with Crippen molar-refractivity contribution in [1.82, 2.24) is 5.32 Å². The average Bonchev–Trinajstić information content (AvgIpc) is 2.88. The van der Waals surface area contributed by atoms with Crippen molar-refractivity contribution in [3.05, 3.63) is 58.0 Å². The zero-order valence-corrected chi connectivity index (χ0v) is 11.9. The zero-order valence-electron chi connectivity index (χ0n) is 11.9. The maximum absolute atomic E-state index is 12.6. The lowest BCUT2D eigenvalue weighted by Gasteiger charge is -2.13. The number of nitrogens with one attached hydrogen (secondary N) is 1. The predicted molar refractivity (Wildman–Crippen MR) is 78.1 cm³/mol. The molecule has 112 valence electrons. The molecular weight excluding hydrogens is 284 g/mol. The third-order valence-electron chi connectivity index (χ3n) is 3.59. The van der Waals surface area contributed by atoms with Crippen LogP contribution >= 0.6 is 0 Å². The van der Waals surface area contributed by atoms with E-state index in [2.05, 4.69) is 5.32 Å². The number of furan rings is 1. The summed E-state index contributed by atoms with van der Waals surface area (Å²) < 4.78 is 5.42. The van der Waals surface area contributed by atoms with Gasteiger partial charge in [-0.05, 0) is 6.92 Å². The summed E-state index contributed by atoms with van der Waals surface area (Å²) in [6.07, 6.45) is 0. The molecule has 0 aliphatic heterocycles. The van der Waals surface area contributed by atoms with Gasteiger partial charge in [-0.25, -0.2) is 0 Å². The molecule has 0 fully saturated rings. The molecule has 1 aliphatic rings. The highest BCUT2D eigenvalue weighted by Gasteiger charge is 2.38. The van der Waals surface area contributed by atoms with Gasteiger partial charge in [0.2, 0.25) is 5.78 Å². The van der Waals surface area contributed by atoms with Crippen LogP contribution in [0.5, 0.6) is 0 Å². The lowest BCUT2D eigenvalue weighted by Crippen LogP contribution is -2.31. The number of nitrogens with two attached hydrogens (primary N) is 1. The zero-order chi connectivity index (χ0) is 15.9. The fraction of sp³-hybridized carbons (Fsp3) is 0.188. The van der Waals surface area contributed by atoms with Gasteiger partial charge in [0.1, 0.15) is 5.76 Å². The minimum atomic E-state index is -0.464. The summed E-state index contributed by atoms with van der Waals surface area (Å²) in [5.41, 5.74) is 6.08. The summed E-state index contributed by atoms with van der Waals surface area (Å²) in [4.78, 5) is 37.3. The van der Waals surface area contributed by atoms with Gasteiger partial charge in [-0.2, -0.15) is 0 Å². The average molecular weight is 298 g/mol. The highest BCUT2D eigenvalue weighted by Crippen LogP contribution is 2.32. The van der Waals surface area contributed by atoms with Crippen LogP contribution in [0.1, 0.15) is 48.2 Å². The first-order chi connectivity index (χ1) is 10.6. The van der Waals surface area contributed by atoms with E-state index in [1.807, 2.05) is 0 Å². The minimum absolute atomic E-state index is 0.0377. The van der Waals surface area contributed by atoms with Crippen molar-refractivity contribution in [3.8, 4) is 0 Å². The van der Waals surface area contributed by atoms with Crippen LogP contribution in [-0.4, -0.2) is 30.6 Å². The van der Waals surface area contributed by atoms with E-state index < -0.39 is 5.91 Å². The molecule has 6 nitrogen and oxygen atoms in total. The molecule has 22 heavy (non-hydrogen) atoms. The number of hydrogen-bond acceptors (Lipinski definition) is 5. The van der Waals surface area contributed by atoms with Crippen LogP contribution in [0.15, 0.2) is 28.7 Å². The molecule has 0 saturated carbocycles. The fourth-order valence-electron chi connectivity index (χ4n) is 2.60. The maximum atomic E-state index is 12.6. The lowest BCUT2D eigenvalue weighted by atomic mass is 9.86. The number of carbonyl (C=O) groups is 3. The molecule has 1 heterocycles.